The predicted molar refractivity (Wildman–Crippen MR) is 67.5 cm³/mol. The van der Waals surface area contributed by atoms with Gasteiger partial charge in [0, 0.05) is 9.40 Å². The highest BCUT2D eigenvalue weighted by Crippen LogP contribution is 2.22. The Balaban J connectivity index is 2.75. The summed E-state index contributed by atoms with van der Waals surface area (Å²) >= 11 is 2.78. The van der Waals surface area contributed by atoms with E-state index in [9.17, 15) is 9.59 Å². The van der Waals surface area contributed by atoms with E-state index in [0.717, 1.165) is 9.40 Å². The fraction of sp³-hybridized carbons (Fsp3) is 0. The van der Waals surface area contributed by atoms with Crippen molar-refractivity contribution >= 4 is 32.1 Å². The van der Waals surface area contributed by atoms with Crippen molar-refractivity contribution in [2.24, 2.45) is 0 Å². The van der Waals surface area contributed by atoms with Crippen molar-refractivity contribution in [1.82, 2.24) is 0 Å². The van der Waals surface area contributed by atoms with Crippen LogP contribution in [0.2, 0.25) is 0 Å². The molecule has 4 heteroatoms. The van der Waals surface area contributed by atoms with Crippen molar-refractivity contribution < 1.29 is 0 Å². The topological polar surface area (TPSA) is 34.1 Å². The Morgan fingerprint density at radius 2 is 1.12 bits per heavy atom. The summed E-state index contributed by atoms with van der Waals surface area (Å²) in [4.78, 5) is 23.3. The van der Waals surface area contributed by atoms with Crippen LogP contribution in [-0.2, 0) is 0 Å². The van der Waals surface area contributed by atoms with E-state index in [1.54, 1.807) is 0 Å². The third-order valence-electron chi connectivity index (χ3n) is 2.31. The summed E-state index contributed by atoms with van der Waals surface area (Å²) in [5.41, 5.74) is -0.136. The van der Waals surface area contributed by atoms with Crippen molar-refractivity contribution in [1.29, 1.82) is 0 Å². The number of benzene rings is 1. The van der Waals surface area contributed by atoms with Crippen molar-refractivity contribution in [2.45, 2.75) is 0 Å². The molecule has 0 aromatic heterocycles. The summed E-state index contributed by atoms with van der Waals surface area (Å²) in [7, 11) is 0. The molecule has 1 aliphatic carbocycles. The summed E-state index contributed by atoms with van der Waals surface area (Å²) in [6, 6.07) is 10.5. The molecule has 0 unspecified atom stereocenters. The van der Waals surface area contributed by atoms with Crippen LogP contribution in [0.5, 0.6) is 0 Å². The van der Waals surface area contributed by atoms with Gasteiger partial charge in [0.2, 0.25) is 0 Å². The molecule has 0 fully saturated rings. The molecule has 1 aromatic rings. The first kappa shape index (κ1) is 9.69. The lowest BCUT2D eigenvalue weighted by Gasteiger charge is -1.95. The van der Waals surface area contributed by atoms with Crippen molar-refractivity contribution in [3.8, 4) is 0 Å². The minimum atomic E-state index is -0.0680. The van der Waals surface area contributed by atoms with Gasteiger partial charge >= 0.3 is 0 Å². The molecular formula is C12H6O2S2. The first-order valence-corrected chi connectivity index (χ1v) is 6.35. The molecule has 0 saturated heterocycles. The van der Waals surface area contributed by atoms with Crippen LogP contribution in [0.15, 0.2) is 46.0 Å². The van der Waals surface area contributed by atoms with Crippen molar-refractivity contribution in [3.05, 3.63) is 65.9 Å². The average molecular weight is 246 g/mol. The van der Waals surface area contributed by atoms with Crippen LogP contribution < -0.4 is 10.9 Å². The summed E-state index contributed by atoms with van der Waals surface area (Å²) < 4.78 is 3.22. The Morgan fingerprint density at radius 3 is 1.56 bits per heavy atom. The molecule has 0 amide bonds. The number of hydrogen-bond donors (Lipinski definition) is 0. The maximum Gasteiger partial charge on any atom is 0.197 e. The fourth-order valence-corrected chi connectivity index (χ4v) is 3.85. The van der Waals surface area contributed by atoms with Gasteiger partial charge in [-0.2, -0.15) is 0 Å². The fourth-order valence-electron chi connectivity index (χ4n) is 1.56. The quantitative estimate of drug-likeness (QED) is 0.610. The van der Waals surface area contributed by atoms with Crippen molar-refractivity contribution in [3.63, 3.8) is 0 Å². The molecule has 78 valence electrons. The molecule has 0 N–H and O–H groups in total. The van der Waals surface area contributed by atoms with E-state index in [4.69, 9.17) is 0 Å². The normalized spacial score (nSPS) is 11.0. The van der Waals surface area contributed by atoms with Gasteiger partial charge in [-0.05, 0) is 24.3 Å². The summed E-state index contributed by atoms with van der Waals surface area (Å²) in [6.07, 6.45) is 0. The molecule has 0 saturated carbocycles. The van der Waals surface area contributed by atoms with Crippen LogP contribution >= 0.6 is 22.7 Å². The Bertz CT molecular complexity index is 774. The second kappa shape index (κ2) is 3.50. The molecular weight excluding hydrogens is 240 g/mol. The van der Waals surface area contributed by atoms with Crippen LogP contribution in [0.3, 0.4) is 0 Å². The Hall–Kier alpha value is -1.52. The molecule has 2 nitrogen and oxygen atoms in total. The lowest BCUT2D eigenvalue weighted by atomic mass is 10.4. The van der Waals surface area contributed by atoms with E-state index in [2.05, 4.69) is 0 Å². The van der Waals surface area contributed by atoms with Crippen LogP contribution in [0.1, 0.15) is 0 Å². The molecule has 1 aliphatic heterocycles. The maximum atomic E-state index is 11.7. The van der Waals surface area contributed by atoms with E-state index in [-0.39, 0.29) is 10.9 Å². The van der Waals surface area contributed by atoms with Gasteiger partial charge in [-0.15, -0.1) is 22.7 Å². The van der Waals surface area contributed by atoms with Crippen LogP contribution in [0, 0.1) is 9.06 Å². The predicted octanol–water partition coefficient (Wildman–Crippen LogP) is 2.41. The molecule has 16 heavy (non-hydrogen) atoms. The molecule has 3 rings (SSSR count). The molecule has 0 spiro atoms. The van der Waals surface area contributed by atoms with E-state index in [1.165, 1.54) is 34.8 Å². The molecule has 1 heterocycles. The minimum absolute atomic E-state index is 0.0680. The molecule has 0 bridgehead atoms. The summed E-state index contributed by atoms with van der Waals surface area (Å²) in [5, 5.41) is 0. The summed E-state index contributed by atoms with van der Waals surface area (Å²) in [5.74, 6) is 0. The minimum Gasteiger partial charge on any atom is -0.288 e. The van der Waals surface area contributed by atoms with E-state index < -0.39 is 0 Å². The monoisotopic (exact) mass is 246 g/mol. The highest BCUT2D eigenvalue weighted by atomic mass is 32.1. The third kappa shape index (κ3) is 1.38. The van der Waals surface area contributed by atoms with E-state index in [1.807, 2.05) is 24.3 Å². The zero-order valence-corrected chi connectivity index (χ0v) is 9.73. The number of hydrogen-bond acceptors (Lipinski definition) is 4. The average Bonchev–Trinajstić information content (AvgIpc) is 2.32. The Kier molecular flexibility index (Phi) is 2.12. The maximum absolute atomic E-state index is 11.7. The van der Waals surface area contributed by atoms with Crippen molar-refractivity contribution in [2.75, 3.05) is 0 Å². The van der Waals surface area contributed by atoms with Gasteiger partial charge in [-0.25, -0.2) is 0 Å². The first-order chi connectivity index (χ1) is 7.75. The summed E-state index contributed by atoms with van der Waals surface area (Å²) in [6.45, 7) is 0. The van der Waals surface area contributed by atoms with Gasteiger partial charge in [0.25, 0.3) is 0 Å². The number of rotatable bonds is 0. The highest BCUT2D eigenvalue weighted by Gasteiger charge is 2.02. The van der Waals surface area contributed by atoms with E-state index in [0.29, 0.717) is 9.06 Å². The Morgan fingerprint density at radius 1 is 0.688 bits per heavy atom. The van der Waals surface area contributed by atoms with Gasteiger partial charge in [-0.3, -0.25) is 9.59 Å². The molecule has 1 aromatic carbocycles. The zero-order valence-electron chi connectivity index (χ0n) is 8.10. The van der Waals surface area contributed by atoms with Gasteiger partial charge in [0.15, 0.2) is 10.9 Å². The second-order valence-corrected chi connectivity index (χ2v) is 5.48. The molecule has 0 radical (unpaired) electrons. The highest BCUT2D eigenvalue weighted by molar-refractivity contribution is 7.26. The van der Waals surface area contributed by atoms with Gasteiger partial charge in [-0.1, -0.05) is 12.1 Å². The SMILES string of the molecule is O=c1ccc(=O)c2sc3ccccc3sc1=2. The van der Waals surface area contributed by atoms with Gasteiger partial charge in [0.05, 0.1) is 9.06 Å². The largest absolute Gasteiger partial charge is 0.288 e. The van der Waals surface area contributed by atoms with E-state index >= 15 is 0 Å². The van der Waals surface area contributed by atoms with Crippen LogP contribution in [-0.4, -0.2) is 0 Å². The van der Waals surface area contributed by atoms with Gasteiger partial charge < -0.3 is 0 Å². The zero-order chi connectivity index (χ0) is 11.1. The van der Waals surface area contributed by atoms with Crippen LogP contribution in [0.25, 0.3) is 9.40 Å². The number of fused-ring (bicyclic) bond motifs is 1. The smallest absolute Gasteiger partial charge is 0.197 e. The third-order valence-corrected chi connectivity index (χ3v) is 4.94. The van der Waals surface area contributed by atoms with Gasteiger partial charge in [0.1, 0.15) is 0 Å². The Labute approximate surface area is 98.1 Å². The lowest BCUT2D eigenvalue weighted by Crippen LogP contribution is -2.08. The second-order valence-electron chi connectivity index (χ2n) is 3.37. The molecule has 2 aliphatic rings. The lowest BCUT2D eigenvalue weighted by molar-refractivity contribution is 1.48. The molecule has 0 atom stereocenters. The first-order valence-electron chi connectivity index (χ1n) is 4.71. The standard InChI is InChI=1S/C12H6O2S2/c13-7-5-6-8(14)12-11(7)15-9-3-1-2-4-10(9)16-12/h1-6H. The van der Waals surface area contributed by atoms with Crippen LogP contribution in [0.4, 0.5) is 0 Å².